The van der Waals surface area contributed by atoms with Gasteiger partial charge in [0.05, 0.1) is 12.6 Å². The first-order chi connectivity index (χ1) is 11.0. The molecule has 9 nitrogen and oxygen atoms in total. The lowest BCUT2D eigenvalue weighted by molar-refractivity contribution is -0.121. The average molecular weight is 341 g/mol. The van der Waals surface area contributed by atoms with Crippen molar-refractivity contribution in [2.75, 3.05) is 18.1 Å². The standard InChI is InChI=1S/C13H19N5O4S/c14-10(13(21)17-16)7-23-6-5-22-18-12(20)9-3-1-8(2-4-9)11(15)19/h1-4,10H,5-7,14,16H2,(H2,15,19)(H,17,21)(H,18,20). The first-order valence-electron chi connectivity index (χ1n) is 6.61. The van der Waals surface area contributed by atoms with E-state index in [2.05, 4.69) is 5.48 Å². The first-order valence-corrected chi connectivity index (χ1v) is 7.77. The van der Waals surface area contributed by atoms with Crippen molar-refractivity contribution < 1.29 is 19.2 Å². The van der Waals surface area contributed by atoms with Crippen LogP contribution >= 0.6 is 11.8 Å². The summed E-state index contributed by atoms with van der Waals surface area (Å²) in [6.07, 6.45) is 0. The summed E-state index contributed by atoms with van der Waals surface area (Å²) in [5.74, 6) is 4.43. The lowest BCUT2D eigenvalue weighted by atomic mass is 10.1. The number of carbonyl (C=O) groups excluding carboxylic acids is 3. The number of hydrogen-bond donors (Lipinski definition) is 5. The summed E-state index contributed by atoms with van der Waals surface area (Å²) in [6.45, 7) is 0.243. The van der Waals surface area contributed by atoms with Gasteiger partial charge < -0.3 is 11.5 Å². The summed E-state index contributed by atoms with van der Waals surface area (Å²) in [4.78, 5) is 38.7. The van der Waals surface area contributed by atoms with E-state index in [1.807, 2.05) is 5.43 Å². The van der Waals surface area contributed by atoms with Gasteiger partial charge >= 0.3 is 0 Å². The van der Waals surface area contributed by atoms with E-state index in [4.69, 9.17) is 22.1 Å². The van der Waals surface area contributed by atoms with Crippen LogP contribution in [0.1, 0.15) is 20.7 Å². The molecule has 1 rings (SSSR count). The van der Waals surface area contributed by atoms with Crippen molar-refractivity contribution >= 4 is 29.5 Å². The molecule has 0 heterocycles. The number of hydrogen-bond acceptors (Lipinski definition) is 7. The van der Waals surface area contributed by atoms with Gasteiger partial charge in [0, 0.05) is 22.6 Å². The van der Waals surface area contributed by atoms with E-state index in [1.165, 1.54) is 36.0 Å². The second-order valence-electron chi connectivity index (χ2n) is 4.41. The quantitative estimate of drug-likeness (QED) is 0.158. The van der Waals surface area contributed by atoms with E-state index in [-0.39, 0.29) is 6.61 Å². The zero-order valence-corrected chi connectivity index (χ0v) is 13.1. The minimum Gasteiger partial charge on any atom is -0.366 e. The summed E-state index contributed by atoms with van der Waals surface area (Å²) in [6, 6.07) is 5.16. The summed E-state index contributed by atoms with van der Waals surface area (Å²) < 4.78 is 0. The number of rotatable bonds is 9. The van der Waals surface area contributed by atoms with E-state index in [0.717, 1.165) is 0 Å². The molecule has 8 N–H and O–H groups in total. The van der Waals surface area contributed by atoms with Gasteiger partial charge in [-0.15, -0.1) is 0 Å². The van der Waals surface area contributed by atoms with Crippen LogP contribution in [0.3, 0.4) is 0 Å². The van der Waals surface area contributed by atoms with Gasteiger partial charge in [0.2, 0.25) is 5.91 Å². The summed E-state index contributed by atoms with van der Waals surface area (Å²) in [7, 11) is 0. The molecule has 0 bridgehead atoms. The molecule has 0 saturated heterocycles. The molecule has 126 valence electrons. The molecule has 10 heteroatoms. The molecule has 0 aliphatic carbocycles. The number of hydroxylamine groups is 1. The highest BCUT2D eigenvalue weighted by atomic mass is 32.2. The summed E-state index contributed by atoms with van der Waals surface area (Å²) in [5.41, 5.74) is 15.5. The third-order valence-corrected chi connectivity index (χ3v) is 3.75. The number of amides is 3. The predicted octanol–water partition coefficient (Wildman–Crippen LogP) is -1.50. The Morgan fingerprint density at radius 3 is 2.35 bits per heavy atom. The minimum absolute atomic E-state index is 0.243. The first kappa shape index (κ1) is 18.9. The zero-order valence-electron chi connectivity index (χ0n) is 12.3. The molecule has 23 heavy (non-hydrogen) atoms. The van der Waals surface area contributed by atoms with Crippen molar-refractivity contribution in [1.29, 1.82) is 0 Å². The second-order valence-corrected chi connectivity index (χ2v) is 5.56. The van der Waals surface area contributed by atoms with Crippen LogP contribution in [0.5, 0.6) is 0 Å². The third-order valence-electron chi connectivity index (χ3n) is 2.70. The Labute approximate surface area is 137 Å². The summed E-state index contributed by atoms with van der Waals surface area (Å²) in [5, 5.41) is 0. The number of nitrogens with one attached hydrogen (secondary N) is 2. The lowest BCUT2D eigenvalue weighted by Gasteiger charge is -2.09. The number of primary amides is 1. The van der Waals surface area contributed by atoms with Crippen molar-refractivity contribution in [3.63, 3.8) is 0 Å². The van der Waals surface area contributed by atoms with Crippen molar-refractivity contribution in [2.24, 2.45) is 17.3 Å². The molecular weight excluding hydrogens is 322 g/mol. The maximum absolute atomic E-state index is 11.7. The van der Waals surface area contributed by atoms with Gasteiger partial charge in [0.1, 0.15) is 0 Å². The molecule has 1 aromatic rings. The molecule has 0 aromatic heterocycles. The van der Waals surface area contributed by atoms with Crippen LogP contribution in [0.4, 0.5) is 0 Å². The minimum atomic E-state index is -0.691. The number of benzene rings is 1. The van der Waals surface area contributed by atoms with E-state index < -0.39 is 23.8 Å². The van der Waals surface area contributed by atoms with Crippen LogP contribution in [-0.2, 0) is 9.63 Å². The van der Waals surface area contributed by atoms with Gasteiger partial charge in [0.15, 0.2) is 0 Å². The maximum atomic E-state index is 11.7. The molecule has 1 atom stereocenters. The number of hydrazine groups is 1. The highest BCUT2D eigenvalue weighted by molar-refractivity contribution is 7.99. The largest absolute Gasteiger partial charge is 0.366 e. The highest BCUT2D eigenvalue weighted by Crippen LogP contribution is 2.04. The Balaban J connectivity index is 2.21. The van der Waals surface area contributed by atoms with Crippen molar-refractivity contribution in [3.05, 3.63) is 35.4 Å². The Morgan fingerprint density at radius 1 is 1.17 bits per heavy atom. The second kappa shape index (κ2) is 9.79. The predicted molar refractivity (Wildman–Crippen MR) is 86.0 cm³/mol. The van der Waals surface area contributed by atoms with Gasteiger partial charge in [-0.25, -0.2) is 11.3 Å². The van der Waals surface area contributed by atoms with Gasteiger partial charge in [0.25, 0.3) is 11.8 Å². The van der Waals surface area contributed by atoms with E-state index >= 15 is 0 Å². The molecule has 0 radical (unpaired) electrons. The molecule has 1 unspecified atom stereocenters. The molecule has 0 aliphatic rings. The fourth-order valence-corrected chi connectivity index (χ4v) is 2.23. The van der Waals surface area contributed by atoms with Crippen LogP contribution in [-0.4, -0.2) is 41.9 Å². The van der Waals surface area contributed by atoms with Crippen molar-refractivity contribution in [2.45, 2.75) is 6.04 Å². The normalized spacial score (nSPS) is 11.6. The average Bonchev–Trinajstić information content (AvgIpc) is 2.56. The zero-order chi connectivity index (χ0) is 17.2. The fourth-order valence-electron chi connectivity index (χ4n) is 1.45. The number of nitrogens with two attached hydrogens (primary N) is 3. The molecule has 0 aliphatic heterocycles. The van der Waals surface area contributed by atoms with E-state index in [9.17, 15) is 14.4 Å². The maximum Gasteiger partial charge on any atom is 0.274 e. The van der Waals surface area contributed by atoms with Crippen LogP contribution in [0.2, 0.25) is 0 Å². The van der Waals surface area contributed by atoms with Crippen LogP contribution in [0.15, 0.2) is 24.3 Å². The Kier molecular flexibility index (Phi) is 8.05. The Bertz CT molecular complexity index is 552. The number of carbonyl (C=O) groups is 3. The number of thioether (sulfide) groups is 1. The van der Waals surface area contributed by atoms with Crippen molar-refractivity contribution in [1.82, 2.24) is 10.9 Å². The van der Waals surface area contributed by atoms with E-state index in [1.54, 1.807) is 0 Å². The highest BCUT2D eigenvalue weighted by Gasteiger charge is 2.11. The molecule has 0 fully saturated rings. The third kappa shape index (κ3) is 6.65. The van der Waals surface area contributed by atoms with Crippen LogP contribution in [0, 0.1) is 0 Å². The van der Waals surface area contributed by atoms with Crippen LogP contribution in [0.25, 0.3) is 0 Å². The molecule has 1 aromatic carbocycles. The van der Waals surface area contributed by atoms with Gasteiger partial charge in [-0.05, 0) is 24.3 Å². The smallest absolute Gasteiger partial charge is 0.274 e. The Hall–Kier alpha value is -2.14. The van der Waals surface area contributed by atoms with E-state index in [0.29, 0.717) is 22.6 Å². The molecule has 3 amide bonds. The topological polar surface area (TPSA) is 163 Å². The van der Waals surface area contributed by atoms with Gasteiger partial charge in [-0.3, -0.25) is 24.6 Å². The van der Waals surface area contributed by atoms with Gasteiger partial charge in [-0.2, -0.15) is 11.8 Å². The summed E-state index contributed by atoms with van der Waals surface area (Å²) >= 11 is 1.39. The Morgan fingerprint density at radius 2 is 1.78 bits per heavy atom. The van der Waals surface area contributed by atoms with Crippen molar-refractivity contribution in [3.8, 4) is 0 Å². The van der Waals surface area contributed by atoms with Crippen LogP contribution < -0.4 is 28.2 Å². The molecular formula is C13H19N5O4S. The molecule has 0 spiro atoms. The fraction of sp³-hybridized carbons (Fsp3) is 0.308. The lowest BCUT2D eigenvalue weighted by Crippen LogP contribution is -2.45. The molecule has 0 saturated carbocycles. The van der Waals surface area contributed by atoms with Gasteiger partial charge in [-0.1, -0.05) is 0 Å². The monoisotopic (exact) mass is 341 g/mol. The SMILES string of the molecule is NNC(=O)C(N)CSCCONC(=O)c1ccc(C(N)=O)cc1.